The van der Waals surface area contributed by atoms with E-state index in [0.29, 0.717) is 36.7 Å². The number of hydrogen-bond donors (Lipinski definition) is 3. The van der Waals surface area contributed by atoms with Crippen LogP contribution in [0.3, 0.4) is 0 Å². The second-order valence-corrected chi connectivity index (χ2v) is 5.85. The summed E-state index contributed by atoms with van der Waals surface area (Å²) in [5.74, 6) is 0.689. The van der Waals surface area contributed by atoms with Crippen LogP contribution in [0.25, 0.3) is 0 Å². The molecule has 0 fully saturated rings. The van der Waals surface area contributed by atoms with Crippen molar-refractivity contribution >= 4 is 11.6 Å². The first-order chi connectivity index (χ1) is 9.90. The lowest BCUT2D eigenvalue weighted by Crippen LogP contribution is -2.43. The number of rotatable bonds is 9. The van der Waals surface area contributed by atoms with Crippen molar-refractivity contribution in [2.24, 2.45) is 0 Å². The minimum absolute atomic E-state index is 0.199. The van der Waals surface area contributed by atoms with Crippen molar-refractivity contribution in [1.29, 1.82) is 0 Å². The fraction of sp³-hybridized carbons (Fsp3) is 0.625. The Morgan fingerprint density at radius 2 is 2.00 bits per heavy atom. The van der Waals surface area contributed by atoms with Crippen LogP contribution in [0, 0.1) is 6.92 Å². The predicted molar refractivity (Wildman–Crippen MR) is 86.1 cm³/mol. The van der Waals surface area contributed by atoms with E-state index in [0.717, 1.165) is 5.56 Å². The summed E-state index contributed by atoms with van der Waals surface area (Å²) in [5, 5.41) is 23.8. The van der Waals surface area contributed by atoms with Gasteiger partial charge in [0.1, 0.15) is 18.5 Å². The van der Waals surface area contributed by atoms with Crippen LogP contribution in [0.15, 0.2) is 18.2 Å². The van der Waals surface area contributed by atoms with Gasteiger partial charge in [-0.2, -0.15) is 0 Å². The van der Waals surface area contributed by atoms with E-state index in [-0.39, 0.29) is 6.61 Å². The lowest BCUT2D eigenvalue weighted by molar-refractivity contribution is 0.0270. The van der Waals surface area contributed by atoms with Gasteiger partial charge in [0.05, 0.1) is 5.60 Å². The molecule has 0 saturated heterocycles. The van der Waals surface area contributed by atoms with Gasteiger partial charge in [-0.15, -0.1) is 0 Å². The van der Waals surface area contributed by atoms with Crippen molar-refractivity contribution in [2.75, 3.05) is 19.7 Å². The number of hydrogen-bond acceptors (Lipinski definition) is 4. The zero-order chi connectivity index (χ0) is 15.9. The largest absolute Gasteiger partial charge is 0.491 e. The molecule has 0 amide bonds. The average molecular weight is 316 g/mol. The zero-order valence-electron chi connectivity index (χ0n) is 13.0. The molecule has 1 aromatic carbocycles. The summed E-state index contributed by atoms with van der Waals surface area (Å²) in [6.07, 6.45) is 0.749. The Morgan fingerprint density at radius 1 is 1.33 bits per heavy atom. The van der Waals surface area contributed by atoms with Gasteiger partial charge < -0.3 is 20.3 Å². The van der Waals surface area contributed by atoms with E-state index in [1.807, 2.05) is 26.8 Å². The van der Waals surface area contributed by atoms with Gasteiger partial charge in [0.15, 0.2) is 0 Å². The minimum atomic E-state index is -0.701. The summed E-state index contributed by atoms with van der Waals surface area (Å²) in [7, 11) is 0. The SMILES string of the molecule is CCC(O)(CC)CNCC(O)COc1ccc(Cl)c(C)c1. The molecule has 1 aromatic rings. The van der Waals surface area contributed by atoms with Crippen LogP contribution in [0.1, 0.15) is 32.3 Å². The molecule has 1 atom stereocenters. The summed E-state index contributed by atoms with van der Waals surface area (Å²) in [6, 6.07) is 5.40. The van der Waals surface area contributed by atoms with Crippen molar-refractivity contribution < 1.29 is 14.9 Å². The Kier molecular flexibility index (Phi) is 7.46. The van der Waals surface area contributed by atoms with Crippen LogP contribution < -0.4 is 10.1 Å². The topological polar surface area (TPSA) is 61.7 Å². The van der Waals surface area contributed by atoms with Gasteiger partial charge in [0.25, 0.3) is 0 Å². The van der Waals surface area contributed by atoms with Crippen molar-refractivity contribution in [3.63, 3.8) is 0 Å². The number of aliphatic hydroxyl groups is 2. The summed E-state index contributed by atoms with van der Waals surface area (Å²) >= 11 is 5.94. The highest BCUT2D eigenvalue weighted by atomic mass is 35.5. The van der Waals surface area contributed by atoms with Crippen LogP contribution in [0.4, 0.5) is 0 Å². The second kappa shape index (κ2) is 8.59. The maximum absolute atomic E-state index is 10.1. The predicted octanol–water partition coefficient (Wildman–Crippen LogP) is 2.53. The molecule has 120 valence electrons. The standard InChI is InChI=1S/C16H26ClNO3/c1-4-16(20,5-2)11-18-9-13(19)10-21-14-6-7-15(17)12(3)8-14/h6-8,13,18-20H,4-5,9-11H2,1-3H3. The molecule has 0 aliphatic rings. The molecule has 5 heteroatoms. The Morgan fingerprint density at radius 3 is 2.57 bits per heavy atom. The van der Waals surface area contributed by atoms with Gasteiger partial charge in [-0.3, -0.25) is 0 Å². The number of nitrogens with one attached hydrogen (secondary N) is 1. The molecule has 0 radical (unpaired) electrons. The molecule has 3 N–H and O–H groups in total. The molecule has 4 nitrogen and oxygen atoms in total. The molecular formula is C16H26ClNO3. The molecule has 0 spiro atoms. The van der Waals surface area contributed by atoms with Crippen molar-refractivity contribution in [2.45, 2.75) is 45.3 Å². The quantitative estimate of drug-likeness (QED) is 0.655. The van der Waals surface area contributed by atoms with E-state index in [9.17, 15) is 10.2 Å². The second-order valence-electron chi connectivity index (χ2n) is 5.44. The monoisotopic (exact) mass is 315 g/mol. The molecule has 1 rings (SSSR count). The molecule has 0 saturated carbocycles. The normalized spacial score (nSPS) is 13.2. The maximum atomic E-state index is 10.1. The third kappa shape index (κ3) is 6.22. The molecule has 0 aromatic heterocycles. The highest BCUT2D eigenvalue weighted by Gasteiger charge is 2.21. The number of halogens is 1. The molecule has 0 bridgehead atoms. The first-order valence-corrected chi connectivity index (χ1v) is 7.78. The Balaban J connectivity index is 2.31. The Bertz CT molecular complexity index is 436. The first-order valence-electron chi connectivity index (χ1n) is 7.40. The first kappa shape index (κ1) is 18.2. The van der Waals surface area contributed by atoms with Gasteiger partial charge in [0, 0.05) is 18.1 Å². The van der Waals surface area contributed by atoms with Gasteiger partial charge >= 0.3 is 0 Å². The smallest absolute Gasteiger partial charge is 0.119 e. The van der Waals surface area contributed by atoms with E-state index >= 15 is 0 Å². The van der Waals surface area contributed by atoms with Gasteiger partial charge in [-0.05, 0) is 43.5 Å². The van der Waals surface area contributed by atoms with Crippen molar-refractivity contribution in [1.82, 2.24) is 5.32 Å². The molecule has 0 aliphatic heterocycles. The van der Waals surface area contributed by atoms with Crippen LogP contribution in [0.2, 0.25) is 5.02 Å². The fourth-order valence-corrected chi connectivity index (χ4v) is 2.05. The van der Waals surface area contributed by atoms with Crippen LogP contribution in [0.5, 0.6) is 5.75 Å². The highest BCUT2D eigenvalue weighted by Crippen LogP contribution is 2.21. The summed E-state index contributed by atoms with van der Waals surface area (Å²) in [5.41, 5.74) is 0.242. The van der Waals surface area contributed by atoms with Crippen LogP contribution in [-0.4, -0.2) is 41.6 Å². The molecule has 0 aliphatic carbocycles. The Labute approximate surface area is 132 Å². The number of aliphatic hydroxyl groups excluding tert-OH is 1. The number of aryl methyl sites for hydroxylation is 1. The fourth-order valence-electron chi connectivity index (χ4n) is 1.93. The molecule has 1 unspecified atom stereocenters. The average Bonchev–Trinajstić information content (AvgIpc) is 2.48. The third-order valence-electron chi connectivity index (χ3n) is 3.72. The van der Waals surface area contributed by atoms with E-state index in [1.165, 1.54) is 0 Å². The van der Waals surface area contributed by atoms with E-state index in [1.54, 1.807) is 12.1 Å². The maximum Gasteiger partial charge on any atom is 0.119 e. The molecule has 21 heavy (non-hydrogen) atoms. The lowest BCUT2D eigenvalue weighted by atomic mass is 9.97. The summed E-state index contributed by atoms with van der Waals surface area (Å²) < 4.78 is 5.53. The zero-order valence-corrected chi connectivity index (χ0v) is 13.8. The summed E-state index contributed by atoms with van der Waals surface area (Å²) in [4.78, 5) is 0. The minimum Gasteiger partial charge on any atom is -0.491 e. The van der Waals surface area contributed by atoms with Crippen molar-refractivity contribution in [3.05, 3.63) is 28.8 Å². The van der Waals surface area contributed by atoms with Crippen molar-refractivity contribution in [3.8, 4) is 5.75 Å². The molecular weight excluding hydrogens is 290 g/mol. The summed E-state index contributed by atoms with van der Waals surface area (Å²) in [6.45, 7) is 6.86. The van der Waals surface area contributed by atoms with Crippen LogP contribution in [-0.2, 0) is 0 Å². The van der Waals surface area contributed by atoms with Gasteiger partial charge in [0.2, 0.25) is 0 Å². The number of benzene rings is 1. The van der Waals surface area contributed by atoms with E-state index in [4.69, 9.17) is 16.3 Å². The number of ether oxygens (including phenoxy) is 1. The third-order valence-corrected chi connectivity index (χ3v) is 4.15. The van der Waals surface area contributed by atoms with Crippen LogP contribution >= 0.6 is 11.6 Å². The van der Waals surface area contributed by atoms with Gasteiger partial charge in [-0.1, -0.05) is 25.4 Å². The van der Waals surface area contributed by atoms with Gasteiger partial charge in [-0.25, -0.2) is 0 Å². The Hall–Kier alpha value is -0.810. The molecule has 0 heterocycles. The van der Waals surface area contributed by atoms with E-state index < -0.39 is 11.7 Å². The van der Waals surface area contributed by atoms with E-state index in [2.05, 4.69) is 5.32 Å². The highest BCUT2D eigenvalue weighted by molar-refractivity contribution is 6.31. The lowest BCUT2D eigenvalue weighted by Gasteiger charge is -2.26.